The van der Waals surface area contributed by atoms with E-state index in [1.165, 1.54) is 6.07 Å². The smallest absolute Gasteiger partial charge is 0.323 e. The molecule has 0 fully saturated rings. The van der Waals surface area contributed by atoms with E-state index in [1.54, 1.807) is 48.5 Å². The van der Waals surface area contributed by atoms with Crippen LogP contribution in [0.25, 0.3) is 11.4 Å². The normalized spacial score (nSPS) is 10.4. The van der Waals surface area contributed by atoms with Crippen molar-refractivity contribution in [1.82, 2.24) is 9.55 Å². The number of aromatic nitrogens is 2. The first kappa shape index (κ1) is 18.3. The van der Waals surface area contributed by atoms with Crippen LogP contribution < -0.4 is 10.9 Å². The number of amides is 1. The maximum Gasteiger partial charge on any atom is 0.323 e. The van der Waals surface area contributed by atoms with Gasteiger partial charge in [-0.3, -0.25) is 19.0 Å². The molecule has 1 amide bonds. The standard InChI is InChI=1S/C19H14ClN3O4/c20-14-8-4-7-13(9-14)19(27)22-15-10-16(24)23(11-17(25)26)18(21-15)12-5-2-1-3-6-12/h1-10H,11H2,(H,22,27)(H,25,26). The zero-order valence-electron chi connectivity index (χ0n) is 13.9. The topological polar surface area (TPSA) is 101 Å². The first-order valence-corrected chi connectivity index (χ1v) is 8.28. The van der Waals surface area contributed by atoms with Gasteiger partial charge in [-0.15, -0.1) is 0 Å². The molecule has 2 aromatic carbocycles. The molecule has 0 radical (unpaired) electrons. The Morgan fingerprint density at radius 2 is 1.81 bits per heavy atom. The van der Waals surface area contributed by atoms with Gasteiger partial charge in [0.05, 0.1) is 0 Å². The molecule has 1 aromatic heterocycles. The lowest BCUT2D eigenvalue weighted by Crippen LogP contribution is -2.27. The Hall–Kier alpha value is -3.45. The largest absolute Gasteiger partial charge is 0.480 e. The first-order valence-electron chi connectivity index (χ1n) is 7.90. The van der Waals surface area contributed by atoms with Crippen LogP contribution in [-0.4, -0.2) is 26.5 Å². The SMILES string of the molecule is O=C(O)Cn1c(-c2ccccc2)nc(NC(=O)c2cccc(Cl)c2)cc1=O. The number of hydrogen-bond donors (Lipinski definition) is 2. The Kier molecular flexibility index (Phi) is 5.33. The summed E-state index contributed by atoms with van der Waals surface area (Å²) in [6.07, 6.45) is 0. The minimum Gasteiger partial charge on any atom is -0.480 e. The zero-order chi connectivity index (χ0) is 19.4. The summed E-state index contributed by atoms with van der Waals surface area (Å²) in [5.74, 6) is -1.50. The molecule has 0 aliphatic carbocycles. The Morgan fingerprint density at radius 3 is 2.48 bits per heavy atom. The third kappa shape index (κ3) is 4.39. The van der Waals surface area contributed by atoms with Gasteiger partial charge in [0.25, 0.3) is 11.5 Å². The highest BCUT2D eigenvalue weighted by atomic mass is 35.5. The van der Waals surface area contributed by atoms with E-state index in [0.717, 1.165) is 10.6 Å². The number of hydrogen-bond acceptors (Lipinski definition) is 4. The molecule has 136 valence electrons. The summed E-state index contributed by atoms with van der Waals surface area (Å²) >= 11 is 5.89. The fraction of sp³-hybridized carbons (Fsp3) is 0.0526. The lowest BCUT2D eigenvalue weighted by atomic mass is 10.2. The quantitative estimate of drug-likeness (QED) is 0.705. The van der Waals surface area contributed by atoms with Crippen LogP contribution in [0.15, 0.2) is 65.5 Å². The highest BCUT2D eigenvalue weighted by molar-refractivity contribution is 6.31. The molecule has 7 nitrogen and oxygen atoms in total. The Bertz CT molecular complexity index is 1060. The minimum absolute atomic E-state index is 0.0190. The average molecular weight is 384 g/mol. The Labute approximate surface area is 158 Å². The average Bonchev–Trinajstić information content (AvgIpc) is 2.64. The minimum atomic E-state index is -1.17. The van der Waals surface area contributed by atoms with E-state index < -0.39 is 24.0 Å². The van der Waals surface area contributed by atoms with E-state index in [-0.39, 0.29) is 11.6 Å². The van der Waals surface area contributed by atoms with Gasteiger partial charge in [-0.2, -0.15) is 0 Å². The number of carbonyl (C=O) groups is 2. The van der Waals surface area contributed by atoms with Crippen molar-refractivity contribution in [2.45, 2.75) is 6.54 Å². The van der Waals surface area contributed by atoms with Crippen LogP contribution in [0.5, 0.6) is 0 Å². The van der Waals surface area contributed by atoms with Gasteiger partial charge >= 0.3 is 5.97 Å². The maximum atomic E-state index is 12.4. The summed E-state index contributed by atoms with van der Waals surface area (Å²) in [5.41, 5.74) is 0.266. The second kappa shape index (κ2) is 7.84. The van der Waals surface area contributed by atoms with Crippen molar-refractivity contribution in [3.63, 3.8) is 0 Å². The summed E-state index contributed by atoms with van der Waals surface area (Å²) in [5, 5.41) is 12.0. The Morgan fingerprint density at radius 1 is 1.07 bits per heavy atom. The number of nitrogens with one attached hydrogen (secondary N) is 1. The number of carbonyl (C=O) groups excluding carboxylic acids is 1. The molecule has 3 aromatic rings. The van der Waals surface area contributed by atoms with E-state index in [9.17, 15) is 14.4 Å². The number of aliphatic carboxylic acids is 1. The predicted molar refractivity (Wildman–Crippen MR) is 101 cm³/mol. The number of nitrogens with zero attached hydrogens (tertiary/aromatic N) is 2. The first-order chi connectivity index (χ1) is 12.9. The summed E-state index contributed by atoms with van der Waals surface area (Å²) in [6.45, 7) is -0.543. The molecule has 0 bridgehead atoms. The zero-order valence-corrected chi connectivity index (χ0v) is 14.7. The molecule has 0 spiro atoms. The molecule has 8 heteroatoms. The molecule has 2 N–H and O–H groups in total. The second-order valence-electron chi connectivity index (χ2n) is 5.61. The van der Waals surface area contributed by atoms with Crippen LogP contribution in [-0.2, 0) is 11.3 Å². The molecule has 0 aliphatic heterocycles. The highest BCUT2D eigenvalue weighted by Gasteiger charge is 2.15. The van der Waals surface area contributed by atoms with E-state index >= 15 is 0 Å². The van der Waals surface area contributed by atoms with E-state index in [1.807, 2.05) is 0 Å². The summed E-state index contributed by atoms with van der Waals surface area (Å²) in [6, 6.07) is 16.1. The third-order valence-corrected chi connectivity index (χ3v) is 3.90. The van der Waals surface area contributed by atoms with Crippen molar-refractivity contribution in [3.8, 4) is 11.4 Å². The molecule has 27 heavy (non-hydrogen) atoms. The van der Waals surface area contributed by atoms with Gasteiger partial charge in [0.1, 0.15) is 18.2 Å². The Balaban J connectivity index is 2.02. The molecule has 3 rings (SSSR count). The van der Waals surface area contributed by atoms with Gasteiger partial charge in [0.15, 0.2) is 0 Å². The molecule has 0 atom stereocenters. The van der Waals surface area contributed by atoms with Crippen molar-refractivity contribution >= 4 is 29.3 Å². The maximum absolute atomic E-state index is 12.4. The molecule has 0 saturated carbocycles. The van der Waals surface area contributed by atoms with E-state index in [2.05, 4.69) is 10.3 Å². The van der Waals surface area contributed by atoms with Crippen LogP contribution in [0, 0.1) is 0 Å². The van der Waals surface area contributed by atoms with E-state index in [0.29, 0.717) is 16.1 Å². The fourth-order valence-electron chi connectivity index (χ4n) is 2.48. The summed E-state index contributed by atoms with van der Waals surface area (Å²) < 4.78 is 1.03. The summed E-state index contributed by atoms with van der Waals surface area (Å²) in [7, 11) is 0. The van der Waals surface area contributed by atoms with Gasteiger partial charge in [-0.05, 0) is 18.2 Å². The number of rotatable bonds is 5. The number of benzene rings is 2. The lowest BCUT2D eigenvalue weighted by Gasteiger charge is -2.12. The van der Waals surface area contributed by atoms with Crippen molar-refractivity contribution in [1.29, 1.82) is 0 Å². The highest BCUT2D eigenvalue weighted by Crippen LogP contribution is 2.18. The van der Waals surface area contributed by atoms with Gasteiger partial charge in [0.2, 0.25) is 0 Å². The molecule has 0 saturated heterocycles. The molecule has 1 heterocycles. The number of halogens is 1. The van der Waals surface area contributed by atoms with Gasteiger partial charge in [-0.1, -0.05) is 48.0 Å². The number of anilines is 1. The number of carboxylic acids is 1. The molecular weight excluding hydrogens is 370 g/mol. The van der Waals surface area contributed by atoms with Gasteiger partial charge < -0.3 is 10.4 Å². The molecule has 0 unspecified atom stereocenters. The van der Waals surface area contributed by atoms with Crippen molar-refractivity contribution in [2.75, 3.05) is 5.32 Å². The van der Waals surface area contributed by atoms with Gasteiger partial charge in [0, 0.05) is 22.2 Å². The molecule has 0 aliphatic rings. The summed E-state index contributed by atoms with van der Waals surface area (Å²) in [4.78, 5) is 40.2. The number of carboxylic acid groups (broad SMARTS) is 1. The predicted octanol–water partition coefficient (Wildman–Crippen LogP) is 2.90. The van der Waals surface area contributed by atoms with Crippen LogP contribution in [0.3, 0.4) is 0 Å². The van der Waals surface area contributed by atoms with Crippen LogP contribution in [0.4, 0.5) is 5.82 Å². The van der Waals surface area contributed by atoms with E-state index in [4.69, 9.17) is 16.7 Å². The van der Waals surface area contributed by atoms with Crippen LogP contribution in [0.2, 0.25) is 5.02 Å². The lowest BCUT2D eigenvalue weighted by molar-refractivity contribution is -0.137. The fourth-order valence-corrected chi connectivity index (χ4v) is 2.67. The second-order valence-corrected chi connectivity index (χ2v) is 6.05. The van der Waals surface area contributed by atoms with Crippen molar-refractivity contribution in [2.24, 2.45) is 0 Å². The monoisotopic (exact) mass is 383 g/mol. The van der Waals surface area contributed by atoms with Crippen molar-refractivity contribution < 1.29 is 14.7 Å². The van der Waals surface area contributed by atoms with Crippen LogP contribution in [0.1, 0.15) is 10.4 Å². The third-order valence-electron chi connectivity index (χ3n) is 3.66. The van der Waals surface area contributed by atoms with Crippen LogP contribution >= 0.6 is 11.6 Å². The van der Waals surface area contributed by atoms with Gasteiger partial charge in [-0.25, -0.2) is 4.98 Å². The van der Waals surface area contributed by atoms with Crippen molar-refractivity contribution in [3.05, 3.63) is 81.6 Å². The molecular formula is C19H14ClN3O4.